The molecule has 0 atom stereocenters. The minimum atomic E-state index is -3.18. The fraction of sp³-hybridized carbons (Fsp3) is 0.346. The van der Waals surface area contributed by atoms with Crippen LogP contribution in [0.5, 0.6) is 0 Å². The lowest BCUT2D eigenvalue weighted by Gasteiger charge is -2.30. The average molecular weight is 539 g/mol. The number of sulfonamides is 1. The average Bonchev–Trinajstić information content (AvgIpc) is 3.52. The topological polar surface area (TPSA) is 94.6 Å². The predicted octanol–water partition coefficient (Wildman–Crippen LogP) is 4.96. The second-order valence-electron chi connectivity index (χ2n) is 9.25. The number of fused-ring (bicyclic) bond motifs is 1. The van der Waals surface area contributed by atoms with Crippen LogP contribution in [0.1, 0.15) is 36.4 Å². The number of benzene rings is 1. The van der Waals surface area contributed by atoms with Crippen molar-refractivity contribution in [2.45, 2.75) is 31.6 Å². The number of nitrogens with zero attached hydrogens (tertiary/aromatic N) is 6. The molecule has 1 fully saturated rings. The van der Waals surface area contributed by atoms with Crippen molar-refractivity contribution in [2.75, 3.05) is 31.3 Å². The van der Waals surface area contributed by atoms with Crippen LogP contribution in [0.4, 0.5) is 15.3 Å². The molecule has 0 unspecified atom stereocenters. The van der Waals surface area contributed by atoms with Crippen molar-refractivity contribution in [1.29, 1.82) is 5.26 Å². The third-order valence-corrected chi connectivity index (χ3v) is 9.01. The zero-order valence-corrected chi connectivity index (χ0v) is 22.3. The molecule has 0 amide bonds. The highest BCUT2D eigenvalue weighted by molar-refractivity contribution is 7.88. The molecule has 0 radical (unpaired) electrons. The number of thiazole rings is 1. The second kappa shape index (κ2) is 10.2. The summed E-state index contributed by atoms with van der Waals surface area (Å²) in [5, 5.41) is 11.9. The van der Waals surface area contributed by atoms with Crippen LogP contribution in [-0.4, -0.2) is 53.5 Å². The summed E-state index contributed by atoms with van der Waals surface area (Å²) in [7, 11) is -1.25. The summed E-state index contributed by atoms with van der Waals surface area (Å²) >= 11 is 1.48. The van der Waals surface area contributed by atoms with E-state index in [1.165, 1.54) is 29.7 Å². The molecule has 0 spiro atoms. The van der Waals surface area contributed by atoms with Crippen LogP contribution in [0.3, 0.4) is 0 Å². The first kappa shape index (κ1) is 25.3. The molecule has 0 N–H and O–H groups in total. The number of aromatic nitrogens is 3. The van der Waals surface area contributed by atoms with Crippen LogP contribution in [0, 0.1) is 17.1 Å². The van der Waals surface area contributed by atoms with Crippen molar-refractivity contribution in [1.82, 2.24) is 18.7 Å². The van der Waals surface area contributed by atoms with Gasteiger partial charge in [0.1, 0.15) is 17.3 Å². The van der Waals surface area contributed by atoms with E-state index in [1.807, 2.05) is 27.8 Å². The minimum Gasteiger partial charge on any atom is -0.305 e. The van der Waals surface area contributed by atoms with Gasteiger partial charge in [0, 0.05) is 50.1 Å². The minimum absolute atomic E-state index is 0.246. The maximum absolute atomic E-state index is 13.4. The van der Waals surface area contributed by atoms with Gasteiger partial charge in [-0.25, -0.2) is 27.1 Å². The van der Waals surface area contributed by atoms with E-state index in [0.29, 0.717) is 25.9 Å². The van der Waals surface area contributed by atoms with Crippen molar-refractivity contribution in [3.05, 3.63) is 65.0 Å². The Kier molecular flexibility index (Phi) is 6.98. The van der Waals surface area contributed by atoms with E-state index >= 15 is 0 Å². The first-order valence-corrected chi connectivity index (χ1v) is 14.8. The molecule has 4 heterocycles. The van der Waals surface area contributed by atoms with E-state index in [-0.39, 0.29) is 11.7 Å². The van der Waals surface area contributed by atoms with Gasteiger partial charge in [0.05, 0.1) is 23.7 Å². The molecule has 192 valence electrons. The number of nitriles is 1. The maximum atomic E-state index is 13.4. The number of imidazole rings is 1. The lowest BCUT2D eigenvalue weighted by Crippen LogP contribution is -2.37. The molecule has 11 heteroatoms. The van der Waals surface area contributed by atoms with Gasteiger partial charge in [-0.2, -0.15) is 5.26 Å². The third-order valence-electron chi connectivity index (χ3n) is 6.79. The molecular weight excluding hydrogens is 511 g/mol. The number of aryl methyl sites for hydroxylation is 1. The molecule has 0 bridgehead atoms. The quantitative estimate of drug-likeness (QED) is 0.330. The summed E-state index contributed by atoms with van der Waals surface area (Å²) in [5.41, 5.74) is 4.32. The van der Waals surface area contributed by atoms with Crippen molar-refractivity contribution >= 4 is 38.0 Å². The Labute approximate surface area is 219 Å². The number of pyridine rings is 1. The first-order chi connectivity index (χ1) is 17.7. The highest BCUT2D eigenvalue weighted by Crippen LogP contribution is 2.35. The summed E-state index contributed by atoms with van der Waals surface area (Å²) in [6, 6.07) is 12.5. The van der Waals surface area contributed by atoms with Crippen molar-refractivity contribution < 1.29 is 12.8 Å². The summed E-state index contributed by atoms with van der Waals surface area (Å²) in [5.74, 6) is 0.804. The molecule has 1 saturated heterocycles. The monoisotopic (exact) mass is 538 g/mol. The predicted molar refractivity (Wildman–Crippen MR) is 143 cm³/mol. The molecule has 5 rings (SSSR count). The molecule has 0 saturated carbocycles. The smallest absolute Gasteiger partial charge is 0.211 e. The number of rotatable bonds is 7. The normalized spacial score (nSPS) is 15.2. The molecule has 1 aliphatic heterocycles. The Bertz CT molecular complexity index is 1560. The fourth-order valence-electron chi connectivity index (χ4n) is 4.82. The number of piperidine rings is 1. The van der Waals surface area contributed by atoms with Gasteiger partial charge in [0.2, 0.25) is 10.0 Å². The van der Waals surface area contributed by atoms with E-state index in [2.05, 4.69) is 18.3 Å². The Morgan fingerprint density at radius 1 is 1.16 bits per heavy atom. The molecule has 1 aliphatic rings. The fourth-order valence-corrected chi connectivity index (χ4v) is 6.49. The maximum Gasteiger partial charge on any atom is 0.211 e. The van der Waals surface area contributed by atoms with Crippen LogP contribution in [0.15, 0.2) is 48.0 Å². The summed E-state index contributed by atoms with van der Waals surface area (Å²) < 4.78 is 40.8. The molecular formula is C26H27FN6O2S2. The SMILES string of the molecule is CN(c1nc(-c2ccc(F)cc2)cs1)c1c(CCC#N)nc2ccc(C3CCN(S(C)(=O)=O)CC3)cn12. The molecule has 1 aromatic carbocycles. The van der Waals surface area contributed by atoms with Gasteiger partial charge >= 0.3 is 0 Å². The summed E-state index contributed by atoms with van der Waals surface area (Å²) in [6.07, 6.45) is 5.71. The van der Waals surface area contributed by atoms with Gasteiger partial charge in [-0.15, -0.1) is 11.3 Å². The van der Waals surface area contributed by atoms with Gasteiger partial charge in [-0.3, -0.25) is 4.40 Å². The van der Waals surface area contributed by atoms with Gasteiger partial charge in [-0.1, -0.05) is 6.07 Å². The van der Waals surface area contributed by atoms with Crippen LogP contribution in [0.2, 0.25) is 0 Å². The van der Waals surface area contributed by atoms with Crippen molar-refractivity contribution in [2.24, 2.45) is 0 Å². The van der Waals surface area contributed by atoms with Crippen molar-refractivity contribution in [3.63, 3.8) is 0 Å². The number of anilines is 2. The number of halogens is 1. The summed E-state index contributed by atoms with van der Waals surface area (Å²) in [4.78, 5) is 11.6. The standard InChI is InChI=1S/C26H27FN6O2S2/c1-31(26-30-23(17-36-26)19-5-8-21(27)9-6-19)25-22(4-3-13-28)29-24-10-7-20(16-33(24)25)18-11-14-32(15-12-18)37(2,34)35/h5-10,16-18H,3-4,11-12,14-15H2,1-2H3. The van der Waals surface area contributed by atoms with Gasteiger partial charge in [0.15, 0.2) is 5.13 Å². The first-order valence-electron chi connectivity index (χ1n) is 12.0. The number of hydrogen-bond acceptors (Lipinski definition) is 7. The lowest BCUT2D eigenvalue weighted by atomic mass is 9.91. The lowest BCUT2D eigenvalue weighted by molar-refractivity contribution is 0.321. The Hall–Kier alpha value is -3.33. The van der Waals surface area contributed by atoms with Gasteiger partial charge < -0.3 is 4.90 Å². The van der Waals surface area contributed by atoms with E-state index in [1.54, 1.807) is 16.4 Å². The van der Waals surface area contributed by atoms with Crippen LogP contribution in [-0.2, 0) is 16.4 Å². The molecule has 8 nitrogen and oxygen atoms in total. The Morgan fingerprint density at radius 3 is 2.57 bits per heavy atom. The highest BCUT2D eigenvalue weighted by Gasteiger charge is 2.27. The van der Waals surface area contributed by atoms with E-state index in [4.69, 9.17) is 9.97 Å². The van der Waals surface area contributed by atoms with E-state index in [0.717, 1.165) is 52.0 Å². The Balaban J connectivity index is 1.49. The molecule has 37 heavy (non-hydrogen) atoms. The highest BCUT2D eigenvalue weighted by atomic mass is 32.2. The molecule has 3 aromatic heterocycles. The Morgan fingerprint density at radius 2 is 1.89 bits per heavy atom. The zero-order valence-electron chi connectivity index (χ0n) is 20.6. The third kappa shape index (κ3) is 5.23. The zero-order chi connectivity index (χ0) is 26.2. The van der Waals surface area contributed by atoms with E-state index < -0.39 is 10.0 Å². The van der Waals surface area contributed by atoms with Crippen LogP contribution in [0.25, 0.3) is 16.9 Å². The molecule has 4 aromatic rings. The number of hydrogen-bond donors (Lipinski definition) is 0. The van der Waals surface area contributed by atoms with E-state index in [9.17, 15) is 18.1 Å². The van der Waals surface area contributed by atoms with Crippen LogP contribution >= 0.6 is 11.3 Å². The second-order valence-corrected chi connectivity index (χ2v) is 12.1. The van der Waals surface area contributed by atoms with Crippen molar-refractivity contribution in [3.8, 4) is 17.3 Å². The molecule has 0 aliphatic carbocycles. The largest absolute Gasteiger partial charge is 0.305 e. The van der Waals surface area contributed by atoms with Gasteiger partial charge in [0.25, 0.3) is 0 Å². The van der Waals surface area contributed by atoms with Crippen LogP contribution < -0.4 is 4.90 Å². The summed E-state index contributed by atoms with van der Waals surface area (Å²) in [6.45, 7) is 1.02. The van der Waals surface area contributed by atoms with Gasteiger partial charge in [-0.05, 0) is 54.7 Å².